The number of nitrogens with zero attached hydrogens (tertiary/aromatic N) is 2. The Morgan fingerprint density at radius 1 is 1.17 bits per heavy atom. The lowest BCUT2D eigenvalue weighted by Crippen LogP contribution is -2.66. The molecule has 0 amide bonds. The van der Waals surface area contributed by atoms with Crippen LogP contribution in [0.1, 0.15) is 82.0 Å². The SMILES string of the molecule is CC1=C[C@]23C(=O)[C@@H](C=C(CO)[C@@H](O)[C@]2(O)[C@H]1OC(=O)c1c(C)nn(CC2CCOCC2)c1C)CC(C)(C)[C@H](C)C[C@H]3C. The highest BCUT2D eigenvalue weighted by atomic mass is 16.6. The molecule has 1 saturated heterocycles. The summed E-state index contributed by atoms with van der Waals surface area (Å²) in [5, 5.41) is 39.5. The van der Waals surface area contributed by atoms with Gasteiger partial charge in [0.05, 0.1) is 23.4 Å². The summed E-state index contributed by atoms with van der Waals surface area (Å²) in [6, 6.07) is 0. The van der Waals surface area contributed by atoms with Gasteiger partial charge in [-0.05, 0) is 80.8 Å². The molecule has 42 heavy (non-hydrogen) atoms. The van der Waals surface area contributed by atoms with Crippen LogP contribution in [0.15, 0.2) is 23.3 Å². The number of ether oxygens (including phenoxy) is 2. The van der Waals surface area contributed by atoms with Crippen LogP contribution in [-0.4, -0.2) is 74.5 Å². The van der Waals surface area contributed by atoms with Crippen LogP contribution in [-0.2, 0) is 20.8 Å². The maximum Gasteiger partial charge on any atom is 0.342 e. The van der Waals surface area contributed by atoms with Gasteiger partial charge in [-0.15, -0.1) is 0 Å². The lowest BCUT2D eigenvalue weighted by molar-refractivity contribution is -0.194. The van der Waals surface area contributed by atoms with Crippen molar-refractivity contribution in [3.8, 4) is 0 Å². The van der Waals surface area contributed by atoms with E-state index in [1.54, 1.807) is 26.0 Å². The smallest absolute Gasteiger partial charge is 0.342 e. The van der Waals surface area contributed by atoms with Gasteiger partial charge in [-0.1, -0.05) is 39.8 Å². The van der Waals surface area contributed by atoms with E-state index in [1.165, 1.54) is 0 Å². The summed E-state index contributed by atoms with van der Waals surface area (Å²) >= 11 is 0. The molecule has 9 heteroatoms. The second-order valence-corrected chi connectivity index (χ2v) is 14.2. The number of aryl methyl sites for hydroxylation is 1. The summed E-state index contributed by atoms with van der Waals surface area (Å²) < 4.78 is 13.5. The Hall–Kier alpha value is -2.33. The molecule has 7 atom stereocenters. The molecule has 9 nitrogen and oxygen atoms in total. The van der Waals surface area contributed by atoms with Gasteiger partial charge in [0.15, 0.2) is 17.5 Å². The Labute approximate surface area is 249 Å². The first-order chi connectivity index (χ1) is 19.7. The molecule has 232 valence electrons. The van der Waals surface area contributed by atoms with Crippen LogP contribution in [0.3, 0.4) is 0 Å². The number of aliphatic hydroxyl groups excluding tert-OH is 2. The molecule has 3 N–H and O–H groups in total. The summed E-state index contributed by atoms with van der Waals surface area (Å²) in [5.74, 6) is -1.21. The average Bonchev–Trinajstić information content (AvgIpc) is 3.32. The molecule has 5 rings (SSSR count). The van der Waals surface area contributed by atoms with Crippen molar-refractivity contribution in [2.75, 3.05) is 19.8 Å². The predicted octanol–water partition coefficient (Wildman–Crippen LogP) is 3.70. The van der Waals surface area contributed by atoms with Crippen molar-refractivity contribution >= 4 is 11.8 Å². The molecule has 0 aromatic carbocycles. The number of rotatable bonds is 5. The van der Waals surface area contributed by atoms with Crippen molar-refractivity contribution < 1.29 is 34.4 Å². The zero-order chi connectivity index (χ0) is 30.8. The highest BCUT2D eigenvalue weighted by Crippen LogP contribution is 2.60. The number of aromatic nitrogens is 2. The number of esters is 1. The first-order valence-electron chi connectivity index (χ1n) is 15.5. The molecule has 0 unspecified atom stereocenters. The number of hydrogen-bond donors (Lipinski definition) is 3. The largest absolute Gasteiger partial charge is 0.451 e. The molecule has 0 radical (unpaired) electrons. The van der Waals surface area contributed by atoms with Gasteiger partial charge in [0.1, 0.15) is 11.7 Å². The van der Waals surface area contributed by atoms with E-state index in [2.05, 4.69) is 25.9 Å². The van der Waals surface area contributed by atoms with Crippen molar-refractivity contribution in [3.05, 3.63) is 40.2 Å². The zero-order valence-corrected chi connectivity index (χ0v) is 26.1. The monoisotopic (exact) mass is 584 g/mol. The van der Waals surface area contributed by atoms with Crippen LogP contribution in [0.4, 0.5) is 0 Å². The Morgan fingerprint density at radius 2 is 1.83 bits per heavy atom. The van der Waals surface area contributed by atoms with E-state index in [4.69, 9.17) is 9.47 Å². The lowest BCUT2D eigenvalue weighted by Gasteiger charge is -2.51. The predicted molar refractivity (Wildman–Crippen MR) is 157 cm³/mol. The maximum absolute atomic E-state index is 14.6. The van der Waals surface area contributed by atoms with E-state index in [9.17, 15) is 24.9 Å². The van der Waals surface area contributed by atoms with Crippen LogP contribution in [0.5, 0.6) is 0 Å². The molecule has 1 saturated carbocycles. The number of carbonyl (C=O) groups excluding carboxylic acids is 2. The van der Waals surface area contributed by atoms with Crippen molar-refractivity contribution in [2.45, 2.75) is 98.5 Å². The molecule has 1 aromatic heterocycles. The molecule has 1 aliphatic heterocycles. The Morgan fingerprint density at radius 3 is 2.48 bits per heavy atom. The summed E-state index contributed by atoms with van der Waals surface area (Å²) in [6.07, 6.45) is 3.52. The number of hydrogen-bond acceptors (Lipinski definition) is 8. The Balaban J connectivity index is 1.54. The third-order valence-corrected chi connectivity index (χ3v) is 11.2. The van der Waals surface area contributed by atoms with Crippen LogP contribution in [0, 0.1) is 48.3 Å². The van der Waals surface area contributed by atoms with Crippen molar-refractivity contribution in [1.29, 1.82) is 0 Å². The average molecular weight is 585 g/mol. The van der Waals surface area contributed by atoms with E-state index >= 15 is 0 Å². The first kappa shape index (κ1) is 31.1. The third kappa shape index (κ3) is 4.62. The molecular formula is C33H48N2O7. The van der Waals surface area contributed by atoms with Gasteiger partial charge in [-0.2, -0.15) is 5.10 Å². The fourth-order valence-electron chi connectivity index (χ4n) is 8.33. The normalized spacial score (nSPS) is 36.8. The molecule has 2 heterocycles. The van der Waals surface area contributed by atoms with Crippen molar-refractivity contribution in [3.63, 3.8) is 0 Å². The Kier molecular flexibility index (Phi) is 8.14. The van der Waals surface area contributed by atoms with Gasteiger partial charge < -0.3 is 24.8 Å². The van der Waals surface area contributed by atoms with E-state index in [0.717, 1.165) is 12.8 Å². The quantitative estimate of drug-likeness (QED) is 0.353. The van der Waals surface area contributed by atoms with Gasteiger partial charge in [0.25, 0.3) is 0 Å². The second kappa shape index (κ2) is 11.0. The molecule has 1 spiro atoms. The topological polar surface area (TPSA) is 131 Å². The van der Waals surface area contributed by atoms with Crippen LogP contribution >= 0.6 is 0 Å². The first-order valence-corrected chi connectivity index (χ1v) is 15.5. The van der Waals surface area contributed by atoms with Crippen molar-refractivity contribution in [1.82, 2.24) is 9.78 Å². The molecule has 1 aromatic rings. The van der Waals surface area contributed by atoms with Crippen LogP contribution < -0.4 is 0 Å². The number of ketones is 1. The molecule has 2 bridgehead atoms. The van der Waals surface area contributed by atoms with Crippen LogP contribution in [0.2, 0.25) is 0 Å². The van der Waals surface area contributed by atoms with Gasteiger partial charge in [0.2, 0.25) is 0 Å². The number of aliphatic hydroxyl groups is 3. The highest BCUT2D eigenvalue weighted by Gasteiger charge is 2.71. The van der Waals surface area contributed by atoms with Gasteiger partial charge in [-0.25, -0.2) is 4.79 Å². The summed E-state index contributed by atoms with van der Waals surface area (Å²) in [7, 11) is 0. The lowest BCUT2D eigenvalue weighted by atomic mass is 9.54. The number of carbonyl (C=O) groups is 2. The second-order valence-electron chi connectivity index (χ2n) is 14.2. The minimum Gasteiger partial charge on any atom is -0.451 e. The molecule has 4 aliphatic rings. The number of fused-ring (bicyclic) bond motifs is 1. The number of Topliss-reactive ketones (excluding diaryl/α,β-unsaturated/α-hetero) is 1. The summed E-state index contributed by atoms with van der Waals surface area (Å²) in [5.41, 5.74) is -1.65. The number of allylic oxidation sites excluding steroid dienone is 1. The molecule has 3 aliphatic carbocycles. The molecular weight excluding hydrogens is 536 g/mol. The van der Waals surface area contributed by atoms with Crippen molar-refractivity contribution in [2.24, 2.45) is 34.5 Å². The Bertz CT molecular complexity index is 1310. The van der Waals surface area contributed by atoms with E-state index in [-0.39, 0.29) is 28.6 Å². The molecule has 2 fully saturated rings. The maximum atomic E-state index is 14.6. The van der Waals surface area contributed by atoms with E-state index in [0.29, 0.717) is 61.0 Å². The fraction of sp³-hybridized carbons (Fsp3) is 0.727. The van der Waals surface area contributed by atoms with Gasteiger partial charge >= 0.3 is 5.97 Å². The van der Waals surface area contributed by atoms with E-state index in [1.807, 2.05) is 18.5 Å². The fourth-order valence-corrected chi connectivity index (χ4v) is 8.33. The summed E-state index contributed by atoms with van der Waals surface area (Å²) in [4.78, 5) is 28.4. The minimum absolute atomic E-state index is 0.177. The third-order valence-electron chi connectivity index (χ3n) is 11.2. The minimum atomic E-state index is -2.19. The van der Waals surface area contributed by atoms with Gasteiger partial charge in [-0.3, -0.25) is 9.48 Å². The standard InChI is InChI=1S/C33H48N2O7/c1-18-14-32-20(3)12-19(2)31(6,7)15-24(27(32)37)13-25(17-36)28(38)33(32,40)29(18)42-30(39)26-21(4)34-35(22(26)5)16-23-8-10-41-11-9-23/h13-14,19-20,23-24,28-29,36,38,40H,8-12,15-17H2,1-7H3/t19-,20-,24+,28-,29+,32+,33+/m1/s1. The highest BCUT2D eigenvalue weighted by molar-refractivity contribution is 5.95. The van der Waals surface area contributed by atoms with E-state index < -0.39 is 41.7 Å². The van der Waals surface area contributed by atoms with Gasteiger partial charge in [0, 0.05) is 25.7 Å². The summed E-state index contributed by atoms with van der Waals surface area (Å²) in [6.45, 7) is 15.3. The van der Waals surface area contributed by atoms with Crippen LogP contribution in [0.25, 0.3) is 0 Å². The zero-order valence-electron chi connectivity index (χ0n) is 26.1.